The molecule has 1 aromatic heterocycles. The van der Waals surface area contributed by atoms with E-state index in [0.717, 1.165) is 6.54 Å². The summed E-state index contributed by atoms with van der Waals surface area (Å²) in [7, 11) is 1.54. The third-order valence-corrected chi connectivity index (χ3v) is 3.16. The number of carbonyl (C=O) groups excluding carboxylic acids is 1. The van der Waals surface area contributed by atoms with E-state index in [-0.39, 0.29) is 17.8 Å². The Hall–Kier alpha value is -1.89. The van der Waals surface area contributed by atoms with Crippen LogP contribution in [0.3, 0.4) is 0 Å². The molecule has 7 heteroatoms. The van der Waals surface area contributed by atoms with Crippen molar-refractivity contribution in [2.24, 2.45) is 7.05 Å². The number of piperazine rings is 1. The van der Waals surface area contributed by atoms with Crippen LogP contribution in [0.25, 0.3) is 0 Å². The van der Waals surface area contributed by atoms with Crippen molar-refractivity contribution in [2.45, 2.75) is 13.0 Å². The molecule has 0 unspecified atom stereocenters. The molecule has 1 aromatic rings. The van der Waals surface area contributed by atoms with E-state index in [4.69, 9.17) is 0 Å². The number of rotatable bonds is 2. The third kappa shape index (κ3) is 2.21. The van der Waals surface area contributed by atoms with Gasteiger partial charge in [-0.2, -0.15) is 0 Å². The van der Waals surface area contributed by atoms with Crippen molar-refractivity contribution in [1.82, 2.24) is 14.8 Å². The Morgan fingerprint density at radius 3 is 2.83 bits per heavy atom. The molecular formula is C11H16N4O3. The lowest BCUT2D eigenvalue weighted by Gasteiger charge is -2.31. The van der Waals surface area contributed by atoms with Gasteiger partial charge in [-0.05, 0) is 17.9 Å². The lowest BCUT2D eigenvalue weighted by molar-refractivity contribution is -0.391. The zero-order chi connectivity index (χ0) is 13.3. The Morgan fingerprint density at radius 2 is 2.28 bits per heavy atom. The number of nitro groups is 1. The fraction of sp³-hybridized carbons (Fsp3) is 0.545. The van der Waals surface area contributed by atoms with Gasteiger partial charge in [0.15, 0.2) is 5.69 Å². The van der Waals surface area contributed by atoms with Crippen molar-refractivity contribution in [1.29, 1.82) is 0 Å². The number of nitrogens with one attached hydrogen (secondary N) is 1. The average molecular weight is 252 g/mol. The van der Waals surface area contributed by atoms with Gasteiger partial charge >= 0.3 is 5.82 Å². The van der Waals surface area contributed by atoms with Gasteiger partial charge in [-0.15, -0.1) is 0 Å². The summed E-state index contributed by atoms with van der Waals surface area (Å²) in [5.74, 6) is -0.222. The van der Waals surface area contributed by atoms with E-state index >= 15 is 0 Å². The number of aromatic nitrogens is 1. The lowest BCUT2D eigenvalue weighted by atomic mass is 10.2. The summed E-state index contributed by atoms with van der Waals surface area (Å²) >= 11 is 0. The van der Waals surface area contributed by atoms with Crippen LogP contribution in [0, 0.1) is 10.1 Å². The monoisotopic (exact) mass is 252 g/mol. The Morgan fingerprint density at radius 1 is 1.56 bits per heavy atom. The van der Waals surface area contributed by atoms with Crippen molar-refractivity contribution in [3.8, 4) is 0 Å². The predicted octanol–water partition coefficient (Wildman–Crippen LogP) is 0.367. The summed E-state index contributed by atoms with van der Waals surface area (Å²) in [6.07, 6.45) is 0. The first-order valence-electron chi connectivity index (χ1n) is 5.83. The highest BCUT2D eigenvalue weighted by molar-refractivity contribution is 5.93. The summed E-state index contributed by atoms with van der Waals surface area (Å²) in [6.45, 7) is 4.01. The fourth-order valence-electron chi connectivity index (χ4n) is 2.18. The summed E-state index contributed by atoms with van der Waals surface area (Å²) < 4.78 is 1.33. The lowest BCUT2D eigenvalue weighted by Crippen LogP contribution is -2.51. The van der Waals surface area contributed by atoms with Gasteiger partial charge < -0.3 is 20.3 Å². The molecule has 7 nitrogen and oxygen atoms in total. The molecule has 1 aliphatic rings. The quantitative estimate of drug-likeness (QED) is 0.609. The van der Waals surface area contributed by atoms with Crippen LogP contribution in [0.1, 0.15) is 17.4 Å². The highest BCUT2D eigenvalue weighted by Gasteiger charge is 2.27. The largest absolute Gasteiger partial charge is 0.358 e. The molecule has 1 fully saturated rings. The topological polar surface area (TPSA) is 80.4 Å². The molecule has 1 N–H and O–H groups in total. The molecule has 0 radical (unpaired) electrons. The van der Waals surface area contributed by atoms with Gasteiger partial charge in [0.25, 0.3) is 5.91 Å². The van der Waals surface area contributed by atoms with E-state index < -0.39 is 4.92 Å². The Kier molecular flexibility index (Phi) is 3.33. The van der Waals surface area contributed by atoms with Crippen LogP contribution in [0.4, 0.5) is 5.82 Å². The van der Waals surface area contributed by atoms with Crippen molar-refractivity contribution in [3.05, 3.63) is 27.9 Å². The smallest absolute Gasteiger partial charge is 0.323 e. The zero-order valence-electron chi connectivity index (χ0n) is 10.4. The van der Waals surface area contributed by atoms with Gasteiger partial charge in [-0.25, -0.2) is 4.57 Å². The second-order valence-corrected chi connectivity index (χ2v) is 4.50. The first-order valence-corrected chi connectivity index (χ1v) is 5.83. The predicted molar refractivity (Wildman–Crippen MR) is 65.4 cm³/mol. The van der Waals surface area contributed by atoms with Crippen LogP contribution in [0.15, 0.2) is 12.1 Å². The fourth-order valence-corrected chi connectivity index (χ4v) is 2.18. The van der Waals surface area contributed by atoms with Crippen molar-refractivity contribution in [3.63, 3.8) is 0 Å². The van der Waals surface area contributed by atoms with Gasteiger partial charge in [0.1, 0.15) is 0 Å². The molecule has 0 aliphatic carbocycles. The molecule has 2 rings (SSSR count). The summed E-state index contributed by atoms with van der Waals surface area (Å²) in [5, 5.41) is 14.0. The molecule has 1 atom stereocenters. The molecule has 1 saturated heterocycles. The van der Waals surface area contributed by atoms with E-state index in [9.17, 15) is 14.9 Å². The Balaban J connectivity index is 2.21. The van der Waals surface area contributed by atoms with Gasteiger partial charge in [-0.3, -0.25) is 4.79 Å². The molecule has 98 valence electrons. The Bertz CT molecular complexity index is 483. The van der Waals surface area contributed by atoms with Crippen molar-refractivity contribution < 1.29 is 9.72 Å². The SMILES string of the molecule is C[C@@H]1CN(C(=O)c2ccc([N+](=O)[O-])n2C)CCN1. The molecular weight excluding hydrogens is 236 g/mol. The average Bonchev–Trinajstić information content (AvgIpc) is 2.70. The molecule has 0 spiro atoms. The number of nitrogens with zero attached hydrogens (tertiary/aromatic N) is 3. The second kappa shape index (κ2) is 4.77. The minimum Gasteiger partial charge on any atom is -0.358 e. The van der Waals surface area contributed by atoms with Crippen LogP contribution in [-0.4, -0.2) is 46.0 Å². The third-order valence-electron chi connectivity index (χ3n) is 3.16. The molecule has 1 aliphatic heterocycles. The van der Waals surface area contributed by atoms with Crippen LogP contribution in [0.2, 0.25) is 0 Å². The Labute approximate surface area is 105 Å². The highest BCUT2D eigenvalue weighted by atomic mass is 16.6. The molecule has 0 bridgehead atoms. The van der Waals surface area contributed by atoms with Crippen LogP contribution in [0.5, 0.6) is 0 Å². The standard InChI is InChI=1S/C11H16N4O3/c1-8-7-14(6-5-12-8)11(16)9-3-4-10(13(9)2)15(17)18/h3-4,8,12H,5-7H2,1-2H3/t8-/m1/s1. The summed E-state index contributed by atoms with van der Waals surface area (Å²) in [5.41, 5.74) is 0.357. The van der Waals surface area contributed by atoms with Crippen molar-refractivity contribution in [2.75, 3.05) is 19.6 Å². The number of carbonyl (C=O) groups is 1. The van der Waals surface area contributed by atoms with Gasteiger partial charge in [-0.1, -0.05) is 0 Å². The normalized spacial score (nSPS) is 19.9. The summed E-state index contributed by atoms with van der Waals surface area (Å²) in [6, 6.07) is 3.12. The number of amides is 1. The highest BCUT2D eigenvalue weighted by Crippen LogP contribution is 2.17. The van der Waals surface area contributed by atoms with E-state index in [1.165, 1.54) is 23.7 Å². The van der Waals surface area contributed by atoms with E-state index in [1.807, 2.05) is 6.92 Å². The van der Waals surface area contributed by atoms with Gasteiger partial charge in [0, 0.05) is 31.7 Å². The van der Waals surface area contributed by atoms with Crippen LogP contribution >= 0.6 is 0 Å². The second-order valence-electron chi connectivity index (χ2n) is 4.50. The van der Waals surface area contributed by atoms with Gasteiger partial charge in [0.2, 0.25) is 0 Å². The number of hydrogen-bond acceptors (Lipinski definition) is 4. The van der Waals surface area contributed by atoms with E-state index in [1.54, 1.807) is 4.90 Å². The minimum atomic E-state index is -0.489. The first-order chi connectivity index (χ1) is 8.50. The molecule has 0 aromatic carbocycles. The summed E-state index contributed by atoms with van der Waals surface area (Å²) in [4.78, 5) is 24.2. The first kappa shape index (κ1) is 12.6. The molecule has 0 saturated carbocycles. The van der Waals surface area contributed by atoms with E-state index in [0.29, 0.717) is 18.8 Å². The maximum Gasteiger partial charge on any atom is 0.323 e. The molecule has 2 heterocycles. The van der Waals surface area contributed by atoms with Crippen LogP contribution in [-0.2, 0) is 7.05 Å². The van der Waals surface area contributed by atoms with Gasteiger partial charge in [0.05, 0.1) is 7.05 Å². The van der Waals surface area contributed by atoms with Crippen molar-refractivity contribution >= 4 is 11.7 Å². The minimum absolute atomic E-state index is 0.0680. The number of hydrogen-bond donors (Lipinski definition) is 1. The van der Waals surface area contributed by atoms with E-state index in [2.05, 4.69) is 5.32 Å². The zero-order valence-corrected chi connectivity index (χ0v) is 10.4. The van der Waals surface area contributed by atoms with Crippen LogP contribution < -0.4 is 5.32 Å². The molecule has 1 amide bonds. The maximum absolute atomic E-state index is 12.3. The maximum atomic E-state index is 12.3. The molecule has 18 heavy (non-hydrogen) atoms.